The van der Waals surface area contributed by atoms with E-state index in [1.54, 1.807) is 7.05 Å². The van der Waals surface area contributed by atoms with Crippen LogP contribution in [0.5, 0.6) is 0 Å². The summed E-state index contributed by atoms with van der Waals surface area (Å²) < 4.78 is 3.30. The van der Waals surface area contributed by atoms with Crippen molar-refractivity contribution in [3.8, 4) is 0 Å². The lowest BCUT2D eigenvalue weighted by Crippen LogP contribution is -2.44. The Morgan fingerprint density at radius 1 is 1.23 bits per heavy atom. The molecule has 0 amide bonds. The van der Waals surface area contributed by atoms with E-state index in [9.17, 15) is 4.79 Å². The lowest BCUT2D eigenvalue weighted by molar-refractivity contribution is 0.495. The normalized spacial score (nSPS) is 17.8. The Hall–Kier alpha value is -2.87. The molecule has 1 aliphatic heterocycles. The van der Waals surface area contributed by atoms with E-state index in [2.05, 4.69) is 14.9 Å². The molecule has 136 valence electrons. The Morgan fingerprint density at radius 2 is 2.00 bits per heavy atom. The van der Waals surface area contributed by atoms with Gasteiger partial charge in [0.05, 0.1) is 6.54 Å². The molecule has 0 spiro atoms. The number of rotatable bonds is 3. The first-order valence-corrected chi connectivity index (χ1v) is 8.82. The summed E-state index contributed by atoms with van der Waals surface area (Å²) in [5.74, 6) is 0.892. The van der Waals surface area contributed by atoms with Crippen molar-refractivity contribution in [1.29, 1.82) is 0 Å². The number of hydrogen-bond acceptors (Lipinski definition) is 6. The van der Waals surface area contributed by atoms with E-state index in [4.69, 9.17) is 11.5 Å². The average Bonchev–Trinajstić information content (AvgIpc) is 2.99. The molecule has 0 radical (unpaired) electrons. The molecule has 1 saturated heterocycles. The Kier molecular flexibility index (Phi) is 4.12. The fourth-order valence-corrected chi connectivity index (χ4v) is 3.51. The number of nitrogens with zero attached hydrogens (tertiary/aromatic N) is 5. The number of imidazole rings is 1. The molecule has 1 atom stereocenters. The summed E-state index contributed by atoms with van der Waals surface area (Å²) in [6.45, 7) is 2.12. The van der Waals surface area contributed by atoms with Gasteiger partial charge in [0.15, 0.2) is 11.2 Å². The number of aromatic nitrogens is 4. The van der Waals surface area contributed by atoms with Crippen LogP contribution in [0.4, 0.5) is 11.9 Å². The third-order valence-electron chi connectivity index (χ3n) is 4.92. The standard InChI is InChI=1S/C18H23N7O/c1-23-16(26)14-15(21-17(23)20)22-18(24-9-5-8-13(19)11-24)25(14)10-12-6-3-2-4-7-12/h2-4,6-7,13H,5,8-11,19H2,1H3,(H2,20,21). The van der Waals surface area contributed by atoms with Crippen LogP contribution >= 0.6 is 0 Å². The highest BCUT2D eigenvalue weighted by Crippen LogP contribution is 2.24. The van der Waals surface area contributed by atoms with E-state index in [0.29, 0.717) is 24.3 Å². The Morgan fingerprint density at radius 3 is 2.73 bits per heavy atom. The first-order chi connectivity index (χ1) is 12.5. The summed E-state index contributed by atoms with van der Waals surface area (Å²) >= 11 is 0. The number of nitrogen functional groups attached to an aromatic ring is 1. The number of anilines is 2. The molecule has 1 fully saturated rings. The van der Waals surface area contributed by atoms with Gasteiger partial charge < -0.3 is 16.4 Å². The van der Waals surface area contributed by atoms with Crippen molar-refractivity contribution in [2.45, 2.75) is 25.4 Å². The van der Waals surface area contributed by atoms with Gasteiger partial charge in [-0.25, -0.2) is 0 Å². The predicted octanol–water partition coefficient (Wildman–Crippen LogP) is 0.688. The molecule has 1 aromatic carbocycles. The second-order valence-electron chi connectivity index (χ2n) is 6.84. The summed E-state index contributed by atoms with van der Waals surface area (Å²) in [7, 11) is 1.63. The molecule has 0 aliphatic carbocycles. The van der Waals surface area contributed by atoms with E-state index in [1.165, 1.54) is 4.57 Å². The van der Waals surface area contributed by atoms with E-state index in [0.717, 1.165) is 30.9 Å². The molecule has 3 heterocycles. The molecule has 8 heteroatoms. The van der Waals surface area contributed by atoms with E-state index in [-0.39, 0.29) is 17.5 Å². The SMILES string of the molecule is Cn1c(N)nc2nc(N3CCCC(N)C3)n(Cc3ccccc3)c2c1=O. The smallest absolute Gasteiger partial charge is 0.280 e. The van der Waals surface area contributed by atoms with Gasteiger partial charge in [0, 0.05) is 26.2 Å². The van der Waals surface area contributed by atoms with E-state index < -0.39 is 0 Å². The molecule has 0 bridgehead atoms. The summed E-state index contributed by atoms with van der Waals surface area (Å²) in [4.78, 5) is 24.0. The predicted molar refractivity (Wildman–Crippen MR) is 102 cm³/mol. The number of piperidine rings is 1. The maximum Gasteiger partial charge on any atom is 0.280 e. The maximum atomic E-state index is 12.9. The molecular weight excluding hydrogens is 330 g/mol. The van der Waals surface area contributed by atoms with Crippen molar-refractivity contribution < 1.29 is 0 Å². The van der Waals surface area contributed by atoms with Gasteiger partial charge in [-0.1, -0.05) is 30.3 Å². The highest BCUT2D eigenvalue weighted by molar-refractivity contribution is 5.75. The summed E-state index contributed by atoms with van der Waals surface area (Å²) in [5, 5.41) is 0. The highest BCUT2D eigenvalue weighted by atomic mass is 16.1. The molecule has 4 N–H and O–H groups in total. The summed E-state index contributed by atoms with van der Waals surface area (Å²) in [6.07, 6.45) is 2.01. The maximum absolute atomic E-state index is 12.9. The largest absolute Gasteiger partial charge is 0.369 e. The van der Waals surface area contributed by atoms with E-state index in [1.807, 2.05) is 34.9 Å². The van der Waals surface area contributed by atoms with Crippen molar-refractivity contribution in [3.05, 3.63) is 46.2 Å². The third kappa shape index (κ3) is 2.82. The third-order valence-corrected chi connectivity index (χ3v) is 4.92. The van der Waals surface area contributed by atoms with E-state index >= 15 is 0 Å². The van der Waals surface area contributed by atoms with Gasteiger partial charge in [-0.05, 0) is 18.4 Å². The molecular formula is C18H23N7O. The monoisotopic (exact) mass is 353 g/mol. The van der Waals surface area contributed by atoms with Crippen molar-refractivity contribution in [2.24, 2.45) is 12.8 Å². The van der Waals surface area contributed by atoms with Crippen LogP contribution in [0, 0.1) is 0 Å². The lowest BCUT2D eigenvalue weighted by Gasteiger charge is -2.31. The minimum atomic E-state index is -0.191. The van der Waals surface area contributed by atoms with Crippen LogP contribution in [-0.2, 0) is 13.6 Å². The van der Waals surface area contributed by atoms with Crippen LogP contribution in [-0.4, -0.2) is 38.2 Å². The van der Waals surface area contributed by atoms with Crippen molar-refractivity contribution in [1.82, 2.24) is 19.1 Å². The Balaban J connectivity index is 1.90. The van der Waals surface area contributed by atoms with Crippen LogP contribution in [0.15, 0.2) is 35.1 Å². The first-order valence-electron chi connectivity index (χ1n) is 8.82. The van der Waals surface area contributed by atoms with Gasteiger partial charge in [0.25, 0.3) is 5.56 Å². The zero-order chi connectivity index (χ0) is 18.3. The molecule has 1 aliphatic rings. The fraction of sp³-hybridized carbons (Fsp3) is 0.389. The van der Waals surface area contributed by atoms with Crippen LogP contribution in [0.25, 0.3) is 11.2 Å². The zero-order valence-electron chi connectivity index (χ0n) is 14.8. The van der Waals surface area contributed by atoms with Crippen LogP contribution < -0.4 is 21.9 Å². The van der Waals surface area contributed by atoms with Crippen molar-refractivity contribution >= 4 is 23.1 Å². The molecule has 1 unspecified atom stereocenters. The van der Waals surface area contributed by atoms with Crippen LogP contribution in [0.1, 0.15) is 18.4 Å². The fourth-order valence-electron chi connectivity index (χ4n) is 3.51. The number of hydrogen-bond donors (Lipinski definition) is 2. The van der Waals surface area contributed by atoms with Crippen LogP contribution in [0.2, 0.25) is 0 Å². The molecule has 8 nitrogen and oxygen atoms in total. The van der Waals surface area contributed by atoms with Gasteiger partial charge in [0.1, 0.15) is 0 Å². The van der Waals surface area contributed by atoms with Crippen molar-refractivity contribution in [3.63, 3.8) is 0 Å². The number of benzene rings is 1. The van der Waals surface area contributed by atoms with Crippen LogP contribution in [0.3, 0.4) is 0 Å². The van der Waals surface area contributed by atoms with Gasteiger partial charge in [0.2, 0.25) is 11.9 Å². The minimum absolute atomic E-state index is 0.106. The highest BCUT2D eigenvalue weighted by Gasteiger charge is 2.25. The van der Waals surface area contributed by atoms with Gasteiger partial charge in [-0.2, -0.15) is 9.97 Å². The number of nitrogens with two attached hydrogens (primary N) is 2. The first kappa shape index (κ1) is 16.6. The lowest BCUT2D eigenvalue weighted by atomic mass is 10.1. The Bertz CT molecular complexity index is 992. The molecule has 0 saturated carbocycles. The molecule has 4 rings (SSSR count). The van der Waals surface area contributed by atoms with Crippen molar-refractivity contribution in [2.75, 3.05) is 23.7 Å². The summed E-state index contributed by atoms with van der Waals surface area (Å²) in [6, 6.07) is 10.1. The molecule has 26 heavy (non-hydrogen) atoms. The average molecular weight is 353 g/mol. The Labute approximate surface area is 151 Å². The summed E-state index contributed by atoms with van der Waals surface area (Å²) in [5.41, 5.74) is 13.8. The number of fused-ring (bicyclic) bond motifs is 1. The zero-order valence-corrected chi connectivity index (χ0v) is 14.8. The van der Waals surface area contributed by atoms with Gasteiger partial charge >= 0.3 is 0 Å². The quantitative estimate of drug-likeness (QED) is 0.717. The second kappa shape index (κ2) is 6.45. The van der Waals surface area contributed by atoms with Gasteiger partial charge in [-0.3, -0.25) is 13.9 Å². The second-order valence-corrected chi connectivity index (χ2v) is 6.84. The topological polar surface area (TPSA) is 108 Å². The minimum Gasteiger partial charge on any atom is -0.369 e. The molecule has 3 aromatic rings. The van der Waals surface area contributed by atoms with Gasteiger partial charge in [-0.15, -0.1) is 0 Å². The molecule has 2 aromatic heterocycles.